The molecule has 1 aromatic heterocycles. The zero-order valence-corrected chi connectivity index (χ0v) is 15.8. The zero-order valence-electron chi connectivity index (χ0n) is 15.8. The van der Waals surface area contributed by atoms with Crippen LogP contribution in [-0.4, -0.2) is 28.1 Å². The first-order valence-corrected chi connectivity index (χ1v) is 9.30. The molecule has 6 nitrogen and oxygen atoms in total. The quantitative estimate of drug-likeness (QED) is 0.876. The van der Waals surface area contributed by atoms with Gasteiger partial charge in [-0.25, -0.2) is 0 Å². The van der Waals surface area contributed by atoms with Gasteiger partial charge in [-0.1, -0.05) is 38.1 Å². The topological polar surface area (TPSA) is 94.0 Å². The number of nitrogens with zero attached hydrogens (tertiary/aromatic N) is 2. The minimum Gasteiger partial charge on any atom is -0.349 e. The Morgan fingerprint density at radius 2 is 2.00 bits per heavy atom. The summed E-state index contributed by atoms with van der Waals surface area (Å²) in [6.07, 6.45) is 4.51. The van der Waals surface area contributed by atoms with E-state index in [1.54, 1.807) is 0 Å². The second kappa shape index (κ2) is 7.58. The summed E-state index contributed by atoms with van der Waals surface area (Å²) in [5.74, 6) is 1.06. The lowest BCUT2D eigenvalue weighted by Gasteiger charge is -2.26. The Balaban J connectivity index is 1.69. The Labute approximate surface area is 154 Å². The van der Waals surface area contributed by atoms with Crippen molar-refractivity contribution in [2.45, 2.75) is 65.0 Å². The third-order valence-electron chi connectivity index (χ3n) is 4.64. The van der Waals surface area contributed by atoms with Crippen LogP contribution in [0.3, 0.4) is 0 Å². The average Bonchev–Trinajstić information content (AvgIpc) is 3.03. The lowest BCUT2D eigenvalue weighted by Crippen LogP contribution is -2.40. The van der Waals surface area contributed by atoms with Crippen molar-refractivity contribution in [2.75, 3.05) is 0 Å². The van der Waals surface area contributed by atoms with E-state index >= 15 is 0 Å². The molecule has 0 spiro atoms. The first kappa shape index (κ1) is 18.6. The van der Waals surface area contributed by atoms with Gasteiger partial charge in [0.1, 0.15) is 0 Å². The molecule has 1 aromatic carbocycles. The number of nitrogens with two attached hydrogens (primary N) is 1. The molecule has 1 aliphatic carbocycles. The molecule has 0 bridgehead atoms. The molecule has 0 aliphatic heterocycles. The molecule has 3 N–H and O–H groups in total. The van der Waals surface area contributed by atoms with Crippen LogP contribution in [0.2, 0.25) is 0 Å². The van der Waals surface area contributed by atoms with Gasteiger partial charge in [0.25, 0.3) is 5.91 Å². The van der Waals surface area contributed by atoms with Gasteiger partial charge in [-0.2, -0.15) is 4.98 Å². The van der Waals surface area contributed by atoms with Crippen molar-refractivity contribution in [1.29, 1.82) is 0 Å². The Morgan fingerprint density at radius 3 is 2.69 bits per heavy atom. The predicted molar refractivity (Wildman–Crippen MR) is 101 cm³/mol. The summed E-state index contributed by atoms with van der Waals surface area (Å²) >= 11 is 0. The fourth-order valence-corrected chi connectivity index (χ4v) is 3.23. The lowest BCUT2D eigenvalue weighted by molar-refractivity contribution is 0.0926. The molecule has 140 valence electrons. The Morgan fingerprint density at radius 1 is 1.27 bits per heavy atom. The van der Waals surface area contributed by atoms with Gasteiger partial charge in [-0.3, -0.25) is 4.79 Å². The van der Waals surface area contributed by atoms with Gasteiger partial charge in [0, 0.05) is 29.6 Å². The van der Waals surface area contributed by atoms with Crippen molar-refractivity contribution in [3.63, 3.8) is 0 Å². The van der Waals surface area contributed by atoms with E-state index in [1.807, 2.05) is 24.3 Å². The maximum absolute atomic E-state index is 12.6. The molecule has 0 unspecified atom stereocenters. The van der Waals surface area contributed by atoms with Gasteiger partial charge < -0.3 is 15.6 Å². The lowest BCUT2D eigenvalue weighted by atomic mass is 9.91. The molecule has 0 atom stereocenters. The second-order valence-electron chi connectivity index (χ2n) is 8.42. The highest BCUT2D eigenvalue weighted by Crippen LogP contribution is 2.23. The highest BCUT2D eigenvalue weighted by molar-refractivity contribution is 5.95. The Kier molecular flexibility index (Phi) is 5.41. The van der Waals surface area contributed by atoms with Gasteiger partial charge in [0.05, 0.1) is 0 Å². The molecule has 6 heteroatoms. The van der Waals surface area contributed by atoms with Crippen LogP contribution in [0, 0.1) is 5.41 Å². The second-order valence-corrected chi connectivity index (χ2v) is 8.42. The summed E-state index contributed by atoms with van der Waals surface area (Å²) in [6.45, 7) is 6.37. The largest absolute Gasteiger partial charge is 0.349 e. The molecule has 1 aliphatic rings. The smallest absolute Gasteiger partial charge is 0.251 e. The SMILES string of the molecule is CC(C)(C)Cc1nc(-c2cccc(C(=O)NC3CCC(N)CC3)c2)no1. The molecule has 0 radical (unpaired) electrons. The fraction of sp³-hybridized carbons (Fsp3) is 0.550. The normalized spacial score (nSPS) is 20.8. The van der Waals surface area contributed by atoms with Crippen molar-refractivity contribution in [3.05, 3.63) is 35.7 Å². The number of rotatable bonds is 4. The summed E-state index contributed by atoms with van der Waals surface area (Å²) in [4.78, 5) is 17.0. The Bertz CT molecular complexity index is 755. The van der Waals surface area contributed by atoms with Crippen LogP contribution < -0.4 is 11.1 Å². The third-order valence-corrected chi connectivity index (χ3v) is 4.64. The predicted octanol–water partition coefficient (Wildman–Crippen LogP) is 3.32. The number of hydrogen-bond acceptors (Lipinski definition) is 5. The summed E-state index contributed by atoms with van der Waals surface area (Å²) in [7, 11) is 0. The standard InChI is InChI=1S/C20H28N4O2/c1-20(2,3)12-17-23-18(24-26-17)13-5-4-6-14(11-13)19(25)22-16-9-7-15(21)8-10-16/h4-6,11,15-16H,7-10,12,21H2,1-3H3,(H,22,25). The highest BCUT2D eigenvalue weighted by atomic mass is 16.5. The Hall–Kier alpha value is -2.21. The number of benzene rings is 1. The van der Waals surface area contributed by atoms with Crippen LogP contribution >= 0.6 is 0 Å². The number of aromatic nitrogens is 2. The molecular formula is C20H28N4O2. The molecular weight excluding hydrogens is 328 g/mol. The maximum Gasteiger partial charge on any atom is 0.251 e. The number of amides is 1. The highest BCUT2D eigenvalue weighted by Gasteiger charge is 2.21. The van der Waals surface area contributed by atoms with Gasteiger partial charge in [0.2, 0.25) is 11.7 Å². The van der Waals surface area contributed by atoms with E-state index in [0.717, 1.165) is 31.2 Å². The van der Waals surface area contributed by atoms with E-state index in [0.29, 0.717) is 23.7 Å². The molecule has 26 heavy (non-hydrogen) atoms. The number of carbonyl (C=O) groups is 1. The van der Waals surface area contributed by atoms with Gasteiger partial charge >= 0.3 is 0 Å². The van der Waals surface area contributed by atoms with Gasteiger partial charge in [-0.15, -0.1) is 0 Å². The van der Waals surface area contributed by atoms with Crippen molar-refractivity contribution in [1.82, 2.24) is 15.5 Å². The fourth-order valence-electron chi connectivity index (χ4n) is 3.23. The summed E-state index contributed by atoms with van der Waals surface area (Å²) in [5.41, 5.74) is 7.40. The summed E-state index contributed by atoms with van der Waals surface area (Å²) in [6, 6.07) is 7.84. The van der Waals surface area contributed by atoms with Crippen LogP contribution in [0.25, 0.3) is 11.4 Å². The van der Waals surface area contributed by atoms with Crippen LogP contribution in [0.15, 0.2) is 28.8 Å². The zero-order chi connectivity index (χ0) is 18.7. The first-order chi connectivity index (χ1) is 12.3. The van der Waals surface area contributed by atoms with Gasteiger partial charge in [0.15, 0.2) is 0 Å². The van der Waals surface area contributed by atoms with E-state index in [2.05, 4.69) is 36.2 Å². The molecule has 1 fully saturated rings. The van der Waals surface area contributed by atoms with Crippen molar-refractivity contribution in [3.8, 4) is 11.4 Å². The molecule has 1 heterocycles. The molecule has 1 amide bonds. The number of nitrogens with one attached hydrogen (secondary N) is 1. The van der Waals surface area contributed by atoms with E-state index in [9.17, 15) is 4.79 Å². The summed E-state index contributed by atoms with van der Waals surface area (Å²) < 4.78 is 5.35. The molecule has 3 rings (SSSR count). The van der Waals surface area contributed by atoms with Crippen molar-refractivity contribution >= 4 is 5.91 Å². The molecule has 2 aromatic rings. The first-order valence-electron chi connectivity index (χ1n) is 9.30. The van der Waals surface area contributed by atoms with E-state index in [1.165, 1.54) is 0 Å². The third kappa shape index (κ3) is 4.91. The van der Waals surface area contributed by atoms with E-state index < -0.39 is 0 Å². The van der Waals surface area contributed by atoms with Crippen LogP contribution in [0.4, 0.5) is 0 Å². The average molecular weight is 356 g/mol. The molecule has 1 saturated carbocycles. The maximum atomic E-state index is 12.6. The molecule has 0 saturated heterocycles. The minimum atomic E-state index is -0.0641. The van der Waals surface area contributed by atoms with Crippen LogP contribution in [0.1, 0.15) is 62.7 Å². The van der Waals surface area contributed by atoms with Crippen molar-refractivity contribution in [2.24, 2.45) is 11.1 Å². The van der Waals surface area contributed by atoms with Crippen LogP contribution in [-0.2, 0) is 6.42 Å². The number of carbonyl (C=O) groups excluding carboxylic acids is 1. The van der Waals surface area contributed by atoms with Gasteiger partial charge in [-0.05, 0) is 43.2 Å². The van der Waals surface area contributed by atoms with Crippen molar-refractivity contribution < 1.29 is 9.32 Å². The van der Waals surface area contributed by atoms with E-state index in [-0.39, 0.29) is 23.4 Å². The summed E-state index contributed by atoms with van der Waals surface area (Å²) in [5, 5.41) is 7.18. The number of hydrogen-bond donors (Lipinski definition) is 2. The monoisotopic (exact) mass is 356 g/mol. The van der Waals surface area contributed by atoms with E-state index in [4.69, 9.17) is 10.3 Å². The minimum absolute atomic E-state index is 0.0641. The van der Waals surface area contributed by atoms with Crippen LogP contribution in [0.5, 0.6) is 0 Å².